The molecular formula is C23H21BrF3N3O3. The summed E-state index contributed by atoms with van der Waals surface area (Å²) in [5.41, 5.74) is 5.26. The van der Waals surface area contributed by atoms with E-state index in [9.17, 15) is 18.0 Å². The van der Waals surface area contributed by atoms with Gasteiger partial charge in [-0.1, -0.05) is 34.1 Å². The number of benzene rings is 2. The molecule has 10 heteroatoms. The average molecular weight is 524 g/mol. The van der Waals surface area contributed by atoms with Crippen LogP contribution in [0.4, 0.5) is 18.9 Å². The van der Waals surface area contributed by atoms with E-state index in [4.69, 9.17) is 9.90 Å². The van der Waals surface area contributed by atoms with Crippen molar-refractivity contribution in [3.8, 4) is 11.1 Å². The highest BCUT2D eigenvalue weighted by Crippen LogP contribution is 2.20. The monoisotopic (exact) mass is 523 g/mol. The van der Waals surface area contributed by atoms with Crippen molar-refractivity contribution < 1.29 is 27.9 Å². The molecule has 0 aliphatic heterocycles. The molecule has 6 nitrogen and oxygen atoms in total. The molecule has 33 heavy (non-hydrogen) atoms. The smallest absolute Gasteiger partial charge is 0.475 e. The molecule has 0 fully saturated rings. The molecule has 0 unspecified atom stereocenters. The van der Waals surface area contributed by atoms with Crippen LogP contribution in [0.25, 0.3) is 11.1 Å². The zero-order chi connectivity index (χ0) is 24.4. The maximum Gasteiger partial charge on any atom is 0.490 e. The van der Waals surface area contributed by atoms with E-state index in [0.717, 1.165) is 32.4 Å². The van der Waals surface area contributed by atoms with Gasteiger partial charge >= 0.3 is 12.1 Å². The van der Waals surface area contributed by atoms with Gasteiger partial charge < -0.3 is 15.7 Å². The summed E-state index contributed by atoms with van der Waals surface area (Å²) in [6.07, 6.45) is -1.51. The fraction of sp³-hybridized carbons (Fsp3) is 0.174. The molecule has 0 bridgehead atoms. The predicted octanol–water partition coefficient (Wildman–Crippen LogP) is 5.18. The van der Waals surface area contributed by atoms with Crippen molar-refractivity contribution in [2.45, 2.75) is 19.6 Å². The van der Waals surface area contributed by atoms with Gasteiger partial charge in [0.15, 0.2) is 0 Å². The van der Waals surface area contributed by atoms with Gasteiger partial charge in [0, 0.05) is 29.1 Å². The van der Waals surface area contributed by atoms with Crippen molar-refractivity contribution >= 4 is 33.5 Å². The summed E-state index contributed by atoms with van der Waals surface area (Å²) in [5.74, 6) is -2.81. The van der Waals surface area contributed by atoms with Gasteiger partial charge in [0.05, 0.1) is 6.54 Å². The van der Waals surface area contributed by atoms with Crippen molar-refractivity contribution in [3.63, 3.8) is 0 Å². The lowest BCUT2D eigenvalue weighted by molar-refractivity contribution is -0.192. The maximum absolute atomic E-state index is 12.1. The van der Waals surface area contributed by atoms with Gasteiger partial charge in [-0.2, -0.15) is 13.2 Å². The lowest BCUT2D eigenvalue weighted by Gasteiger charge is -2.10. The summed E-state index contributed by atoms with van der Waals surface area (Å²) in [6, 6.07) is 18.0. The van der Waals surface area contributed by atoms with Gasteiger partial charge in [0.1, 0.15) is 0 Å². The summed E-state index contributed by atoms with van der Waals surface area (Å²) in [7, 11) is 0. The quantitative estimate of drug-likeness (QED) is 0.414. The Kier molecular flexibility index (Phi) is 9.56. The van der Waals surface area contributed by atoms with Gasteiger partial charge in [-0.05, 0) is 65.6 Å². The zero-order valence-corrected chi connectivity index (χ0v) is 19.1. The van der Waals surface area contributed by atoms with Crippen LogP contribution >= 0.6 is 15.9 Å². The molecule has 0 aliphatic rings. The fourth-order valence-electron chi connectivity index (χ4n) is 2.69. The first-order chi connectivity index (χ1) is 15.6. The van der Waals surface area contributed by atoms with Crippen LogP contribution in [0.15, 0.2) is 71.5 Å². The van der Waals surface area contributed by atoms with E-state index in [1.165, 1.54) is 0 Å². The second-order valence-corrected chi connectivity index (χ2v) is 7.77. The number of hydrogen-bond acceptors (Lipinski definition) is 4. The molecular weight excluding hydrogens is 503 g/mol. The number of aryl methyl sites for hydroxylation is 1. The Morgan fingerprint density at radius 3 is 2.30 bits per heavy atom. The molecule has 1 heterocycles. The van der Waals surface area contributed by atoms with Crippen LogP contribution in [-0.4, -0.2) is 34.7 Å². The molecule has 1 aromatic heterocycles. The third kappa shape index (κ3) is 9.03. The predicted molar refractivity (Wildman–Crippen MR) is 123 cm³/mol. The Morgan fingerprint density at radius 2 is 1.70 bits per heavy atom. The molecule has 1 amide bonds. The molecule has 0 aliphatic carbocycles. The van der Waals surface area contributed by atoms with E-state index in [2.05, 4.69) is 49.7 Å². The van der Waals surface area contributed by atoms with E-state index in [0.29, 0.717) is 6.54 Å². The highest BCUT2D eigenvalue weighted by Gasteiger charge is 2.38. The second kappa shape index (κ2) is 12.1. The zero-order valence-electron chi connectivity index (χ0n) is 17.5. The van der Waals surface area contributed by atoms with E-state index in [1.807, 2.05) is 43.3 Å². The number of pyridine rings is 1. The van der Waals surface area contributed by atoms with Gasteiger partial charge in [-0.15, -0.1) is 0 Å². The number of carboxylic acid groups (broad SMARTS) is 1. The minimum atomic E-state index is -5.08. The number of carbonyl (C=O) groups excluding carboxylic acids is 1. The number of alkyl halides is 3. The molecule has 0 spiro atoms. The Bertz CT molecular complexity index is 1090. The first-order valence-corrected chi connectivity index (χ1v) is 10.4. The topological polar surface area (TPSA) is 91.3 Å². The number of rotatable bonds is 6. The molecule has 3 N–H and O–H groups in total. The average Bonchev–Trinajstić information content (AvgIpc) is 2.76. The third-order valence-corrected chi connectivity index (χ3v) is 4.75. The molecule has 3 aromatic rings. The SMILES string of the molecule is Cc1cc(Br)ccc1NC(=O)CNCc1cccc(-c2ccncc2)c1.O=C(O)C(F)(F)F. The molecule has 3 rings (SSSR count). The summed E-state index contributed by atoms with van der Waals surface area (Å²) in [5, 5.41) is 13.3. The lowest BCUT2D eigenvalue weighted by Crippen LogP contribution is -2.28. The van der Waals surface area contributed by atoms with Crippen LogP contribution in [-0.2, 0) is 16.1 Å². The number of nitrogens with one attached hydrogen (secondary N) is 2. The molecule has 0 saturated heterocycles. The largest absolute Gasteiger partial charge is 0.490 e. The van der Waals surface area contributed by atoms with Crippen LogP contribution in [0.1, 0.15) is 11.1 Å². The van der Waals surface area contributed by atoms with Gasteiger partial charge in [-0.25, -0.2) is 4.79 Å². The Morgan fingerprint density at radius 1 is 1.03 bits per heavy atom. The number of aromatic nitrogens is 1. The second-order valence-electron chi connectivity index (χ2n) is 6.85. The van der Waals surface area contributed by atoms with Crippen LogP contribution in [0.5, 0.6) is 0 Å². The summed E-state index contributed by atoms with van der Waals surface area (Å²) >= 11 is 3.42. The number of anilines is 1. The number of carbonyl (C=O) groups is 2. The minimum Gasteiger partial charge on any atom is -0.475 e. The van der Waals surface area contributed by atoms with Gasteiger partial charge in [0.25, 0.3) is 0 Å². The Labute approximate surface area is 197 Å². The van der Waals surface area contributed by atoms with Crippen molar-refractivity contribution in [1.82, 2.24) is 10.3 Å². The number of carboxylic acids is 1. The molecule has 2 aromatic carbocycles. The standard InChI is InChI=1S/C21H20BrN3O.C2HF3O2/c1-15-11-19(22)5-6-20(15)25-21(26)14-24-13-16-3-2-4-18(12-16)17-7-9-23-10-8-17;3-2(4,5)1(6)7/h2-12,24H,13-14H2,1H3,(H,25,26);(H,6,7). The fourth-order valence-corrected chi connectivity index (χ4v) is 3.16. The Hall–Kier alpha value is -3.24. The van der Waals surface area contributed by atoms with Crippen molar-refractivity contribution in [1.29, 1.82) is 0 Å². The third-order valence-electron chi connectivity index (χ3n) is 4.26. The van der Waals surface area contributed by atoms with E-state index >= 15 is 0 Å². The van der Waals surface area contributed by atoms with Crippen LogP contribution < -0.4 is 10.6 Å². The molecule has 0 saturated carbocycles. The first-order valence-electron chi connectivity index (χ1n) is 9.62. The van der Waals surface area contributed by atoms with E-state index in [1.54, 1.807) is 12.4 Å². The molecule has 0 atom stereocenters. The van der Waals surface area contributed by atoms with E-state index < -0.39 is 12.1 Å². The van der Waals surface area contributed by atoms with Crippen LogP contribution in [0, 0.1) is 6.92 Å². The first kappa shape index (κ1) is 26.0. The summed E-state index contributed by atoms with van der Waals surface area (Å²) < 4.78 is 32.7. The van der Waals surface area contributed by atoms with E-state index in [-0.39, 0.29) is 12.5 Å². The summed E-state index contributed by atoms with van der Waals surface area (Å²) in [4.78, 5) is 25.1. The van der Waals surface area contributed by atoms with Gasteiger partial charge in [0.2, 0.25) is 5.91 Å². The van der Waals surface area contributed by atoms with Crippen molar-refractivity contribution in [2.75, 3.05) is 11.9 Å². The van der Waals surface area contributed by atoms with Crippen LogP contribution in [0.2, 0.25) is 0 Å². The number of aliphatic carboxylic acids is 1. The maximum atomic E-state index is 12.1. The summed E-state index contributed by atoms with van der Waals surface area (Å²) in [6.45, 7) is 2.86. The lowest BCUT2D eigenvalue weighted by atomic mass is 10.0. The number of halogens is 4. The highest BCUT2D eigenvalue weighted by molar-refractivity contribution is 9.10. The minimum absolute atomic E-state index is 0.0549. The normalized spacial score (nSPS) is 10.7. The van der Waals surface area contributed by atoms with Crippen molar-refractivity contribution in [2.24, 2.45) is 0 Å². The molecule has 174 valence electrons. The number of nitrogens with zero attached hydrogens (tertiary/aromatic N) is 1. The highest BCUT2D eigenvalue weighted by atomic mass is 79.9. The van der Waals surface area contributed by atoms with Gasteiger partial charge in [-0.3, -0.25) is 9.78 Å². The van der Waals surface area contributed by atoms with Crippen LogP contribution in [0.3, 0.4) is 0 Å². The number of hydrogen-bond donors (Lipinski definition) is 3. The molecule has 0 radical (unpaired) electrons. The number of amides is 1. The van der Waals surface area contributed by atoms with Crippen molar-refractivity contribution in [3.05, 3.63) is 82.6 Å². The Balaban J connectivity index is 0.000000479.